The van der Waals surface area contributed by atoms with Crippen molar-refractivity contribution >= 4 is 27.3 Å². The van der Waals surface area contributed by atoms with Crippen LogP contribution in [0.25, 0.3) is 0 Å². The molecular weight excluding hydrogens is 306 g/mol. The van der Waals surface area contributed by atoms with Crippen LogP contribution in [0, 0.1) is 5.92 Å². The van der Waals surface area contributed by atoms with Gasteiger partial charge in [-0.05, 0) is 53.7 Å². The molecule has 1 aromatic rings. The van der Waals surface area contributed by atoms with Gasteiger partial charge in [0.15, 0.2) is 0 Å². The lowest BCUT2D eigenvalue weighted by atomic mass is 10.1. The van der Waals surface area contributed by atoms with Crippen LogP contribution >= 0.6 is 27.3 Å². The van der Waals surface area contributed by atoms with Crippen LogP contribution in [0.15, 0.2) is 15.9 Å². The van der Waals surface area contributed by atoms with Crippen molar-refractivity contribution in [1.29, 1.82) is 0 Å². The second-order valence-corrected chi connectivity index (χ2v) is 7.73. The topological polar surface area (TPSA) is 3.24 Å². The van der Waals surface area contributed by atoms with Crippen LogP contribution < -0.4 is 0 Å². The molecule has 0 atom stereocenters. The summed E-state index contributed by atoms with van der Waals surface area (Å²) in [4.78, 5) is 4.23. The maximum Gasteiger partial charge on any atom is 0.0331 e. The Kier molecular flexibility index (Phi) is 5.71. The first-order valence-electron chi connectivity index (χ1n) is 7.12. The highest BCUT2D eigenvalue weighted by Crippen LogP contribution is 2.28. The average molecular weight is 330 g/mol. The number of hydrogen-bond acceptors (Lipinski definition) is 2. The first-order chi connectivity index (χ1) is 8.65. The summed E-state index contributed by atoms with van der Waals surface area (Å²) >= 11 is 5.44. The Morgan fingerprint density at radius 3 is 2.67 bits per heavy atom. The molecule has 0 spiro atoms. The highest BCUT2D eigenvalue weighted by atomic mass is 79.9. The fourth-order valence-electron chi connectivity index (χ4n) is 2.72. The minimum absolute atomic E-state index is 0.809. The molecule has 1 saturated carbocycles. The van der Waals surface area contributed by atoms with E-state index in [-0.39, 0.29) is 0 Å². The molecule has 0 bridgehead atoms. The summed E-state index contributed by atoms with van der Waals surface area (Å²) in [6, 6.07) is 3.12. The summed E-state index contributed by atoms with van der Waals surface area (Å²) in [5, 5.41) is 2.20. The largest absolute Gasteiger partial charge is 0.295 e. The maximum atomic E-state index is 3.56. The number of hydrogen-bond donors (Lipinski definition) is 0. The number of rotatable bonds is 6. The molecule has 1 fully saturated rings. The summed E-state index contributed by atoms with van der Waals surface area (Å²) < 4.78 is 1.23. The molecule has 1 aliphatic rings. The van der Waals surface area contributed by atoms with Crippen molar-refractivity contribution < 1.29 is 0 Å². The number of nitrogens with zero attached hydrogens (tertiary/aromatic N) is 1. The highest BCUT2D eigenvalue weighted by Gasteiger charge is 2.22. The first kappa shape index (κ1) is 14.5. The van der Waals surface area contributed by atoms with Gasteiger partial charge in [-0.3, -0.25) is 4.90 Å². The fraction of sp³-hybridized carbons (Fsp3) is 0.733. The van der Waals surface area contributed by atoms with E-state index < -0.39 is 0 Å². The van der Waals surface area contributed by atoms with Crippen molar-refractivity contribution in [2.45, 2.75) is 58.5 Å². The van der Waals surface area contributed by atoms with Gasteiger partial charge in [-0.15, -0.1) is 11.3 Å². The van der Waals surface area contributed by atoms with Crippen LogP contribution in [-0.2, 0) is 6.54 Å². The molecule has 1 nitrogen and oxygen atoms in total. The van der Waals surface area contributed by atoms with E-state index in [1.807, 2.05) is 11.3 Å². The molecule has 1 aliphatic carbocycles. The molecule has 18 heavy (non-hydrogen) atoms. The molecule has 0 unspecified atom stereocenters. The van der Waals surface area contributed by atoms with E-state index >= 15 is 0 Å². The summed E-state index contributed by atoms with van der Waals surface area (Å²) in [5.41, 5.74) is 0. The Bertz CT molecular complexity index is 355. The Morgan fingerprint density at radius 1 is 1.39 bits per heavy atom. The summed E-state index contributed by atoms with van der Waals surface area (Å²) in [5.74, 6) is 0.809. The van der Waals surface area contributed by atoms with Gasteiger partial charge in [0.1, 0.15) is 0 Å². The standard InChI is InChI=1S/C15H24BrNS/c1-12(2)7-8-17(14-5-3-4-6-14)10-15-9-13(16)11-18-15/h9,11-12,14H,3-8,10H2,1-2H3. The molecule has 102 valence electrons. The highest BCUT2D eigenvalue weighted by molar-refractivity contribution is 9.10. The third kappa shape index (κ3) is 4.36. The summed E-state index contributed by atoms with van der Waals surface area (Å²) in [7, 11) is 0. The van der Waals surface area contributed by atoms with Crippen molar-refractivity contribution in [3.05, 3.63) is 20.8 Å². The van der Waals surface area contributed by atoms with Crippen LogP contribution in [0.3, 0.4) is 0 Å². The van der Waals surface area contributed by atoms with Crippen LogP contribution in [0.5, 0.6) is 0 Å². The molecule has 2 rings (SSSR count). The molecule has 0 saturated heterocycles. The third-order valence-electron chi connectivity index (χ3n) is 3.82. The van der Waals surface area contributed by atoms with Crippen molar-refractivity contribution in [2.75, 3.05) is 6.54 Å². The van der Waals surface area contributed by atoms with E-state index in [4.69, 9.17) is 0 Å². The SMILES string of the molecule is CC(C)CCN(Cc1cc(Br)cs1)C1CCCC1. The molecule has 1 aromatic heterocycles. The second-order valence-electron chi connectivity index (χ2n) is 5.82. The minimum Gasteiger partial charge on any atom is -0.295 e. The van der Waals surface area contributed by atoms with Crippen molar-refractivity contribution in [1.82, 2.24) is 4.90 Å². The average Bonchev–Trinajstić information content (AvgIpc) is 2.95. The maximum absolute atomic E-state index is 3.56. The molecule has 1 heterocycles. The molecule has 3 heteroatoms. The Hall–Kier alpha value is 0.140. The van der Waals surface area contributed by atoms with Crippen molar-refractivity contribution in [2.24, 2.45) is 5.92 Å². The second kappa shape index (κ2) is 7.06. The van der Waals surface area contributed by atoms with Gasteiger partial charge in [0.05, 0.1) is 0 Å². The van der Waals surface area contributed by atoms with Gasteiger partial charge >= 0.3 is 0 Å². The van der Waals surface area contributed by atoms with Crippen LogP contribution in [0.1, 0.15) is 50.8 Å². The Morgan fingerprint density at radius 2 is 2.11 bits per heavy atom. The molecule has 0 radical (unpaired) electrons. The zero-order chi connectivity index (χ0) is 13.0. The smallest absolute Gasteiger partial charge is 0.0331 e. The van der Waals surface area contributed by atoms with E-state index in [1.54, 1.807) is 0 Å². The summed E-state index contributed by atoms with van der Waals surface area (Å²) in [6.07, 6.45) is 6.99. The Labute approximate surface area is 124 Å². The van der Waals surface area contributed by atoms with E-state index in [2.05, 4.69) is 46.1 Å². The lowest BCUT2D eigenvalue weighted by Crippen LogP contribution is -2.33. The van der Waals surface area contributed by atoms with E-state index in [0.717, 1.165) is 18.5 Å². The van der Waals surface area contributed by atoms with Gasteiger partial charge in [0, 0.05) is 27.3 Å². The molecule has 0 amide bonds. The monoisotopic (exact) mass is 329 g/mol. The van der Waals surface area contributed by atoms with Gasteiger partial charge in [0.2, 0.25) is 0 Å². The lowest BCUT2D eigenvalue weighted by molar-refractivity contribution is 0.181. The first-order valence-corrected chi connectivity index (χ1v) is 8.79. The van der Waals surface area contributed by atoms with E-state index in [1.165, 1.54) is 48.0 Å². The lowest BCUT2D eigenvalue weighted by Gasteiger charge is -2.29. The molecule has 0 aromatic carbocycles. The van der Waals surface area contributed by atoms with Gasteiger partial charge in [-0.2, -0.15) is 0 Å². The zero-order valence-electron chi connectivity index (χ0n) is 11.5. The van der Waals surface area contributed by atoms with E-state index in [0.29, 0.717) is 0 Å². The Balaban J connectivity index is 1.94. The predicted octanol–water partition coefficient (Wildman–Crippen LogP) is 5.30. The van der Waals surface area contributed by atoms with Crippen LogP contribution in [-0.4, -0.2) is 17.5 Å². The number of thiophene rings is 1. The van der Waals surface area contributed by atoms with Crippen molar-refractivity contribution in [3.63, 3.8) is 0 Å². The molecule has 0 aliphatic heterocycles. The minimum atomic E-state index is 0.809. The molecule has 0 N–H and O–H groups in total. The predicted molar refractivity (Wildman–Crippen MR) is 84.1 cm³/mol. The normalized spacial score (nSPS) is 17.2. The van der Waals surface area contributed by atoms with E-state index in [9.17, 15) is 0 Å². The fourth-order valence-corrected chi connectivity index (χ4v) is 4.20. The van der Waals surface area contributed by atoms with Gasteiger partial charge < -0.3 is 0 Å². The zero-order valence-corrected chi connectivity index (χ0v) is 13.9. The van der Waals surface area contributed by atoms with Gasteiger partial charge in [-0.25, -0.2) is 0 Å². The molecular formula is C15H24BrNS. The van der Waals surface area contributed by atoms with Gasteiger partial charge in [-0.1, -0.05) is 26.7 Å². The van der Waals surface area contributed by atoms with Crippen molar-refractivity contribution in [3.8, 4) is 0 Å². The number of halogens is 1. The summed E-state index contributed by atoms with van der Waals surface area (Å²) in [6.45, 7) is 7.06. The third-order valence-corrected chi connectivity index (χ3v) is 5.50. The quantitative estimate of drug-likeness (QED) is 0.684. The van der Waals surface area contributed by atoms with Crippen LogP contribution in [0.4, 0.5) is 0 Å². The van der Waals surface area contributed by atoms with Crippen LogP contribution in [0.2, 0.25) is 0 Å². The van der Waals surface area contributed by atoms with Gasteiger partial charge in [0.25, 0.3) is 0 Å².